The predicted octanol–water partition coefficient (Wildman–Crippen LogP) is 2.06. The molecule has 84 valence electrons. The predicted molar refractivity (Wildman–Crippen MR) is 66.1 cm³/mol. The van der Waals surface area contributed by atoms with Crippen LogP contribution in [0.2, 0.25) is 0 Å². The first-order valence-electron chi connectivity index (χ1n) is 5.31. The Bertz CT molecular complexity index is 680. The topological polar surface area (TPSA) is 63.8 Å². The molecule has 0 fully saturated rings. The molecule has 0 aliphatic heterocycles. The number of aromatic nitrogens is 2. The van der Waals surface area contributed by atoms with Crippen molar-refractivity contribution in [1.29, 1.82) is 0 Å². The van der Waals surface area contributed by atoms with Gasteiger partial charge in [-0.15, -0.1) is 0 Å². The quantitative estimate of drug-likeness (QED) is 0.688. The lowest BCUT2D eigenvalue weighted by Crippen LogP contribution is -2.15. The number of para-hydroxylation sites is 1. The zero-order chi connectivity index (χ0) is 11.8. The van der Waals surface area contributed by atoms with Crippen LogP contribution in [-0.4, -0.2) is 15.5 Å². The van der Waals surface area contributed by atoms with Gasteiger partial charge < -0.3 is 15.3 Å². The number of nitrogens with two attached hydrogens (primary N) is 1. The number of nitrogens with one attached hydrogen (secondary N) is 1. The normalized spacial score (nSPS) is 10.8. The van der Waals surface area contributed by atoms with Gasteiger partial charge in [0.1, 0.15) is 5.69 Å². The van der Waals surface area contributed by atoms with Crippen molar-refractivity contribution in [2.24, 2.45) is 5.73 Å². The molecule has 17 heavy (non-hydrogen) atoms. The molecular weight excluding hydrogens is 214 g/mol. The number of hydrogen-bond donors (Lipinski definition) is 2. The standard InChI is InChI=1S/C13H11N3O/c14-13(17)12-7-9-3-1-2-4-11(9)16(12)10-5-6-15-8-10/h1-8,15H,(H2,14,17). The Morgan fingerprint density at radius 2 is 2.06 bits per heavy atom. The number of nitrogens with zero attached hydrogens (tertiary/aromatic N) is 1. The molecule has 3 aromatic rings. The van der Waals surface area contributed by atoms with E-state index in [0.29, 0.717) is 5.69 Å². The van der Waals surface area contributed by atoms with E-state index in [1.165, 1.54) is 0 Å². The summed E-state index contributed by atoms with van der Waals surface area (Å²) in [6.45, 7) is 0. The molecule has 0 aliphatic carbocycles. The number of aromatic amines is 1. The van der Waals surface area contributed by atoms with Gasteiger partial charge in [-0.3, -0.25) is 4.79 Å². The third kappa shape index (κ3) is 1.42. The van der Waals surface area contributed by atoms with Crippen molar-refractivity contribution in [2.45, 2.75) is 0 Å². The minimum atomic E-state index is -0.428. The molecule has 1 amide bonds. The molecule has 2 heterocycles. The van der Waals surface area contributed by atoms with Crippen molar-refractivity contribution in [3.05, 3.63) is 54.5 Å². The van der Waals surface area contributed by atoms with Gasteiger partial charge in [0.25, 0.3) is 5.91 Å². The van der Waals surface area contributed by atoms with Gasteiger partial charge in [-0.05, 0) is 18.2 Å². The highest BCUT2D eigenvalue weighted by Gasteiger charge is 2.14. The minimum absolute atomic E-state index is 0.428. The van der Waals surface area contributed by atoms with Gasteiger partial charge in [0, 0.05) is 17.8 Å². The largest absolute Gasteiger partial charge is 0.366 e. The van der Waals surface area contributed by atoms with Crippen LogP contribution in [0, 0.1) is 0 Å². The van der Waals surface area contributed by atoms with Crippen LogP contribution in [0.4, 0.5) is 0 Å². The second kappa shape index (κ2) is 3.52. The van der Waals surface area contributed by atoms with E-state index in [0.717, 1.165) is 16.6 Å². The maximum absolute atomic E-state index is 11.5. The molecule has 3 rings (SSSR count). The molecule has 0 unspecified atom stereocenters. The summed E-state index contributed by atoms with van der Waals surface area (Å²) in [4.78, 5) is 14.5. The number of H-pyrrole nitrogens is 1. The lowest BCUT2D eigenvalue weighted by molar-refractivity contribution is 0.0994. The molecule has 0 spiro atoms. The number of amides is 1. The van der Waals surface area contributed by atoms with Crippen molar-refractivity contribution in [3.63, 3.8) is 0 Å². The molecule has 0 saturated carbocycles. The molecule has 0 radical (unpaired) electrons. The van der Waals surface area contributed by atoms with Gasteiger partial charge in [0.15, 0.2) is 0 Å². The van der Waals surface area contributed by atoms with Crippen LogP contribution < -0.4 is 5.73 Å². The first-order valence-corrected chi connectivity index (χ1v) is 5.31. The van der Waals surface area contributed by atoms with Crippen LogP contribution in [0.1, 0.15) is 10.5 Å². The van der Waals surface area contributed by atoms with Gasteiger partial charge >= 0.3 is 0 Å². The Hall–Kier alpha value is -2.49. The van der Waals surface area contributed by atoms with Crippen LogP contribution in [-0.2, 0) is 0 Å². The summed E-state index contributed by atoms with van der Waals surface area (Å²) >= 11 is 0. The highest BCUT2D eigenvalue weighted by Crippen LogP contribution is 2.23. The number of primary amides is 1. The molecule has 2 aromatic heterocycles. The number of hydrogen-bond acceptors (Lipinski definition) is 1. The number of carbonyl (C=O) groups is 1. The van der Waals surface area contributed by atoms with E-state index in [2.05, 4.69) is 4.98 Å². The van der Waals surface area contributed by atoms with Crippen LogP contribution in [0.3, 0.4) is 0 Å². The van der Waals surface area contributed by atoms with E-state index in [4.69, 9.17) is 5.73 Å². The third-order valence-electron chi connectivity index (χ3n) is 2.80. The first kappa shape index (κ1) is 9.72. The van der Waals surface area contributed by atoms with E-state index >= 15 is 0 Å². The van der Waals surface area contributed by atoms with E-state index in [9.17, 15) is 4.79 Å². The zero-order valence-electron chi connectivity index (χ0n) is 9.05. The van der Waals surface area contributed by atoms with E-state index < -0.39 is 5.91 Å². The smallest absolute Gasteiger partial charge is 0.265 e. The van der Waals surface area contributed by atoms with Crippen LogP contribution in [0.25, 0.3) is 16.6 Å². The minimum Gasteiger partial charge on any atom is -0.366 e. The monoisotopic (exact) mass is 225 g/mol. The molecule has 4 heteroatoms. The van der Waals surface area contributed by atoms with Gasteiger partial charge in [-0.1, -0.05) is 18.2 Å². The summed E-state index contributed by atoms with van der Waals surface area (Å²) in [6.07, 6.45) is 3.65. The number of fused-ring (bicyclic) bond motifs is 1. The fourth-order valence-electron chi connectivity index (χ4n) is 2.07. The molecule has 1 aromatic carbocycles. The summed E-state index contributed by atoms with van der Waals surface area (Å²) in [5.41, 5.74) is 7.78. The average molecular weight is 225 g/mol. The van der Waals surface area contributed by atoms with Crippen molar-refractivity contribution < 1.29 is 4.79 Å². The van der Waals surface area contributed by atoms with Crippen LogP contribution >= 0.6 is 0 Å². The second-order valence-corrected chi connectivity index (χ2v) is 3.86. The fourth-order valence-corrected chi connectivity index (χ4v) is 2.07. The Morgan fingerprint density at radius 3 is 2.76 bits per heavy atom. The lowest BCUT2D eigenvalue weighted by atomic mass is 10.2. The van der Waals surface area contributed by atoms with Crippen LogP contribution in [0.5, 0.6) is 0 Å². The molecule has 0 atom stereocenters. The lowest BCUT2D eigenvalue weighted by Gasteiger charge is -2.05. The van der Waals surface area contributed by atoms with Crippen LogP contribution in [0.15, 0.2) is 48.8 Å². The van der Waals surface area contributed by atoms with Crippen molar-refractivity contribution in [3.8, 4) is 5.69 Å². The maximum atomic E-state index is 11.5. The Balaban J connectivity index is 2.40. The molecular formula is C13H11N3O. The van der Waals surface area contributed by atoms with Gasteiger partial charge in [0.05, 0.1) is 11.2 Å². The van der Waals surface area contributed by atoms with E-state index in [1.807, 2.05) is 53.4 Å². The molecule has 0 aliphatic rings. The Kier molecular flexibility index (Phi) is 2.01. The number of carbonyl (C=O) groups excluding carboxylic acids is 1. The van der Waals surface area contributed by atoms with Crippen molar-refractivity contribution in [1.82, 2.24) is 9.55 Å². The van der Waals surface area contributed by atoms with E-state index in [1.54, 1.807) is 0 Å². The molecule has 0 saturated heterocycles. The highest BCUT2D eigenvalue weighted by atomic mass is 16.1. The SMILES string of the molecule is NC(=O)c1cc2ccccc2n1-c1cc[nH]c1. The summed E-state index contributed by atoms with van der Waals surface area (Å²) in [5, 5.41) is 1.00. The van der Waals surface area contributed by atoms with Crippen molar-refractivity contribution in [2.75, 3.05) is 0 Å². The van der Waals surface area contributed by atoms with E-state index in [-0.39, 0.29) is 0 Å². The van der Waals surface area contributed by atoms with Gasteiger partial charge in [0.2, 0.25) is 0 Å². The number of rotatable bonds is 2. The summed E-state index contributed by atoms with van der Waals surface area (Å²) < 4.78 is 1.86. The molecule has 0 bridgehead atoms. The van der Waals surface area contributed by atoms with Gasteiger partial charge in [-0.2, -0.15) is 0 Å². The summed E-state index contributed by atoms with van der Waals surface area (Å²) in [6, 6.07) is 11.5. The Labute approximate surface area is 97.7 Å². The average Bonchev–Trinajstić information content (AvgIpc) is 2.94. The summed E-state index contributed by atoms with van der Waals surface area (Å²) in [5.74, 6) is -0.428. The summed E-state index contributed by atoms with van der Waals surface area (Å²) in [7, 11) is 0. The second-order valence-electron chi connectivity index (χ2n) is 3.86. The van der Waals surface area contributed by atoms with Gasteiger partial charge in [-0.25, -0.2) is 0 Å². The first-order chi connectivity index (χ1) is 8.27. The third-order valence-corrected chi connectivity index (χ3v) is 2.80. The Morgan fingerprint density at radius 1 is 1.24 bits per heavy atom. The molecule has 3 N–H and O–H groups in total. The maximum Gasteiger partial charge on any atom is 0.265 e. The van der Waals surface area contributed by atoms with Crippen molar-refractivity contribution >= 4 is 16.8 Å². The number of benzene rings is 1. The molecule has 4 nitrogen and oxygen atoms in total. The highest BCUT2D eigenvalue weighted by molar-refractivity contribution is 5.99. The fraction of sp³-hybridized carbons (Fsp3) is 0. The zero-order valence-corrected chi connectivity index (χ0v) is 9.05.